The quantitative estimate of drug-likeness (QED) is 0.625. The molecule has 2 aliphatic rings. The van der Waals surface area contributed by atoms with Crippen LogP contribution in [0.15, 0.2) is 37.2 Å². The van der Waals surface area contributed by atoms with Gasteiger partial charge in [0.1, 0.15) is 12.1 Å². The third-order valence-electron chi connectivity index (χ3n) is 5.85. The van der Waals surface area contributed by atoms with Crippen molar-refractivity contribution in [3.05, 3.63) is 42.7 Å². The third kappa shape index (κ3) is 3.47. The number of carbonyl (C=O) groups is 2. The highest BCUT2D eigenvalue weighted by Crippen LogP contribution is 2.33. The minimum absolute atomic E-state index is 0.0295. The number of nitrogens with zero attached hydrogens (tertiary/aromatic N) is 7. The molecule has 0 aromatic carbocycles. The molecule has 1 saturated heterocycles. The number of piperidine rings is 1. The zero-order valence-corrected chi connectivity index (χ0v) is 17.0. The molecular formula is C20H20FN7O4. The van der Waals surface area contributed by atoms with Gasteiger partial charge >= 0.3 is 5.97 Å². The zero-order chi connectivity index (χ0) is 22.3. The first kappa shape index (κ1) is 20.1. The summed E-state index contributed by atoms with van der Waals surface area (Å²) in [6.45, 7) is 0.292. The van der Waals surface area contributed by atoms with Crippen molar-refractivity contribution in [3.8, 4) is 5.75 Å². The smallest absolute Gasteiger partial charge is 0.346 e. The Balaban J connectivity index is 1.35. The van der Waals surface area contributed by atoms with Crippen molar-refractivity contribution >= 4 is 23.3 Å². The maximum absolute atomic E-state index is 15.9. The number of aliphatic carboxylic acids is 1. The second-order valence-electron chi connectivity index (χ2n) is 7.85. The Morgan fingerprint density at radius 1 is 1.22 bits per heavy atom. The van der Waals surface area contributed by atoms with Gasteiger partial charge < -0.3 is 19.6 Å². The summed E-state index contributed by atoms with van der Waals surface area (Å²) in [6, 6.07) is 1.54. The van der Waals surface area contributed by atoms with Crippen LogP contribution in [0.1, 0.15) is 18.4 Å². The van der Waals surface area contributed by atoms with E-state index in [1.54, 1.807) is 23.0 Å². The summed E-state index contributed by atoms with van der Waals surface area (Å²) < 4.78 is 23.0. The Labute approximate surface area is 181 Å². The topological polar surface area (TPSA) is 126 Å². The fourth-order valence-electron chi connectivity index (χ4n) is 4.13. The van der Waals surface area contributed by atoms with Crippen LogP contribution < -0.4 is 9.64 Å². The van der Waals surface area contributed by atoms with E-state index in [1.165, 1.54) is 23.6 Å². The van der Waals surface area contributed by atoms with Gasteiger partial charge in [0, 0.05) is 56.3 Å². The minimum atomic E-state index is -2.12. The van der Waals surface area contributed by atoms with E-state index in [1.807, 2.05) is 4.90 Å². The molecule has 1 N–H and O–H groups in total. The number of fused-ring (bicyclic) bond motifs is 2. The number of aromatic nitrogens is 5. The highest BCUT2D eigenvalue weighted by atomic mass is 19.1. The van der Waals surface area contributed by atoms with Gasteiger partial charge in [-0.15, -0.1) is 0 Å². The van der Waals surface area contributed by atoms with Gasteiger partial charge in [0.25, 0.3) is 5.91 Å². The van der Waals surface area contributed by atoms with Gasteiger partial charge in [-0.2, -0.15) is 5.10 Å². The first-order valence-electron chi connectivity index (χ1n) is 10.1. The Morgan fingerprint density at radius 3 is 2.81 bits per heavy atom. The molecule has 5 heterocycles. The number of rotatable bonds is 3. The summed E-state index contributed by atoms with van der Waals surface area (Å²) in [7, 11) is 0. The van der Waals surface area contributed by atoms with Gasteiger partial charge in [0.05, 0.1) is 13.1 Å². The van der Waals surface area contributed by atoms with Crippen LogP contribution in [0.2, 0.25) is 0 Å². The van der Waals surface area contributed by atoms with Crippen LogP contribution in [0.5, 0.6) is 5.75 Å². The Hall–Kier alpha value is -3.83. The highest BCUT2D eigenvalue weighted by Gasteiger charge is 2.46. The van der Waals surface area contributed by atoms with Crippen molar-refractivity contribution in [2.45, 2.75) is 31.2 Å². The highest BCUT2D eigenvalue weighted by molar-refractivity contribution is 5.86. The second-order valence-corrected chi connectivity index (χ2v) is 7.85. The molecular weight excluding hydrogens is 421 g/mol. The van der Waals surface area contributed by atoms with Crippen LogP contribution in [-0.4, -0.2) is 77.9 Å². The summed E-state index contributed by atoms with van der Waals surface area (Å²) in [5.74, 6) is -1.05. The van der Waals surface area contributed by atoms with Gasteiger partial charge in [0.2, 0.25) is 6.10 Å². The number of ether oxygens (including phenoxy) is 1. The molecule has 1 atom stereocenters. The normalized spacial score (nSPS) is 20.3. The number of carboxylic acids is 1. The molecule has 3 aromatic rings. The van der Waals surface area contributed by atoms with Crippen LogP contribution >= 0.6 is 0 Å². The van der Waals surface area contributed by atoms with E-state index >= 15 is 4.39 Å². The van der Waals surface area contributed by atoms with Crippen LogP contribution in [0.25, 0.3) is 5.65 Å². The third-order valence-corrected chi connectivity index (χ3v) is 5.85. The molecule has 2 aliphatic heterocycles. The van der Waals surface area contributed by atoms with Gasteiger partial charge in [-0.05, 0) is 6.07 Å². The number of halogens is 1. The number of hydrogen-bond donors (Lipinski definition) is 1. The van der Waals surface area contributed by atoms with E-state index < -0.39 is 23.6 Å². The van der Waals surface area contributed by atoms with Crippen molar-refractivity contribution < 1.29 is 23.8 Å². The Kier molecular flexibility index (Phi) is 4.83. The van der Waals surface area contributed by atoms with Crippen molar-refractivity contribution in [2.75, 3.05) is 24.5 Å². The summed E-state index contributed by atoms with van der Waals surface area (Å²) in [6.07, 6.45) is 6.25. The number of carboxylic acid groups (broad SMARTS) is 1. The van der Waals surface area contributed by atoms with Gasteiger partial charge in [-0.3, -0.25) is 9.78 Å². The molecule has 1 amide bonds. The molecule has 3 aromatic heterocycles. The number of pyridine rings is 1. The Morgan fingerprint density at radius 2 is 2.03 bits per heavy atom. The zero-order valence-electron chi connectivity index (χ0n) is 17.0. The molecule has 166 valence electrons. The van der Waals surface area contributed by atoms with Crippen LogP contribution in [0.4, 0.5) is 10.2 Å². The molecule has 0 bridgehead atoms. The van der Waals surface area contributed by atoms with Crippen molar-refractivity contribution in [1.82, 2.24) is 29.5 Å². The average Bonchev–Trinajstić information content (AvgIpc) is 3.19. The lowest BCUT2D eigenvalue weighted by molar-refractivity contribution is -0.151. The van der Waals surface area contributed by atoms with E-state index in [-0.39, 0.29) is 39.0 Å². The molecule has 12 heteroatoms. The maximum Gasteiger partial charge on any atom is 0.346 e. The number of amides is 1. The van der Waals surface area contributed by atoms with Gasteiger partial charge in [0.15, 0.2) is 17.1 Å². The largest absolute Gasteiger partial charge is 0.478 e. The first-order chi connectivity index (χ1) is 15.4. The lowest BCUT2D eigenvalue weighted by Crippen LogP contribution is -2.54. The fraction of sp³-hybridized carbons (Fsp3) is 0.400. The molecule has 0 spiro atoms. The molecule has 11 nitrogen and oxygen atoms in total. The van der Waals surface area contributed by atoms with Gasteiger partial charge in [-0.25, -0.2) is 23.7 Å². The number of alkyl halides is 1. The van der Waals surface area contributed by atoms with Gasteiger partial charge in [-0.1, -0.05) is 0 Å². The van der Waals surface area contributed by atoms with E-state index in [2.05, 4.69) is 20.1 Å². The molecule has 5 rings (SSSR count). The predicted molar refractivity (Wildman–Crippen MR) is 108 cm³/mol. The summed E-state index contributed by atoms with van der Waals surface area (Å²) in [4.78, 5) is 40.5. The fourth-order valence-corrected chi connectivity index (χ4v) is 4.13. The van der Waals surface area contributed by atoms with Crippen LogP contribution in [0, 0.1) is 0 Å². The summed E-state index contributed by atoms with van der Waals surface area (Å²) in [5, 5.41) is 13.6. The maximum atomic E-state index is 15.9. The standard InChI is InChI=1S/C20H20FN7O4/c21-20(2-6-26(7-3-20)16-17-24-12-25-28(17)8-5-23-16)19(31)27-10-13-9-22-4-1-14(13)32-15(11-27)18(29)30/h1,4-5,8-9,12,15H,2-3,6-7,10-11H2,(H,29,30). The summed E-state index contributed by atoms with van der Waals surface area (Å²) in [5.41, 5.74) is -1.03. The summed E-state index contributed by atoms with van der Waals surface area (Å²) >= 11 is 0. The first-order valence-corrected chi connectivity index (χ1v) is 10.1. The molecule has 0 saturated carbocycles. The van der Waals surface area contributed by atoms with E-state index in [0.29, 0.717) is 22.8 Å². The molecule has 1 unspecified atom stereocenters. The molecule has 0 radical (unpaired) electrons. The lowest BCUT2D eigenvalue weighted by Gasteiger charge is -2.38. The van der Waals surface area contributed by atoms with Crippen molar-refractivity contribution in [2.24, 2.45) is 0 Å². The molecule has 1 fully saturated rings. The molecule has 32 heavy (non-hydrogen) atoms. The number of hydrogen-bond acceptors (Lipinski definition) is 8. The van der Waals surface area contributed by atoms with Crippen molar-refractivity contribution in [1.29, 1.82) is 0 Å². The van der Waals surface area contributed by atoms with Crippen LogP contribution in [-0.2, 0) is 16.1 Å². The second kappa shape index (κ2) is 7.70. The average molecular weight is 441 g/mol. The van der Waals surface area contributed by atoms with E-state index in [4.69, 9.17) is 4.74 Å². The minimum Gasteiger partial charge on any atom is -0.478 e. The predicted octanol–water partition coefficient (Wildman–Crippen LogP) is 0.702. The van der Waals surface area contributed by atoms with Crippen molar-refractivity contribution in [3.63, 3.8) is 0 Å². The monoisotopic (exact) mass is 441 g/mol. The number of anilines is 1. The van der Waals surface area contributed by atoms with E-state index in [9.17, 15) is 14.7 Å². The van der Waals surface area contributed by atoms with Crippen LogP contribution in [0.3, 0.4) is 0 Å². The van der Waals surface area contributed by atoms with E-state index in [0.717, 1.165) is 0 Å². The SMILES string of the molecule is O=C(O)C1CN(C(=O)C2(F)CCN(c3nccn4ncnc34)CC2)Cc2cnccc2O1. The Bertz CT molecular complexity index is 1180. The lowest BCUT2D eigenvalue weighted by atomic mass is 9.91. The molecule has 0 aliphatic carbocycles. The number of carbonyl (C=O) groups excluding carboxylic acids is 1.